The quantitative estimate of drug-likeness (QED) is 0.926. The lowest BCUT2D eigenvalue weighted by Gasteiger charge is -2.06. The van der Waals surface area contributed by atoms with E-state index in [0.717, 1.165) is 0 Å². The van der Waals surface area contributed by atoms with E-state index in [1.54, 1.807) is 30.6 Å². The van der Waals surface area contributed by atoms with Crippen molar-refractivity contribution >= 4 is 23.2 Å². The Morgan fingerprint density at radius 1 is 1.28 bits per heavy atom. The van der Waals surface area contributed by atoms with Crippen molar-refractivity contribution < 1.29 is 9.18 Å². The Balaban J connectivity index is 2.06. The number of anilines is 1. The predicted molar refractivity (Wildman–Crippen MR) is 68.0 cm³/mol. The summed E-state index contributed by atoms with van der Waals surface area (Å²) >= 11 is 5.78. The summed E-state index contributed by atoms with van der Waals surface area (Å²) in [4.78, 5) is 15.6. The highest BCUT2D eigenvalue weighted by Crippen LogP contribution is 2.20. The van der Waals surface area contributed by atoms with Gasteiger partial charge in [0.05, 0.1) is 11.4 Å². The molecule has 0 bridgehead atoms. The monoisotopic (exact) mass is 264 g/mol. The lowest BCUT2D eigenvalue weighted by Crippen LogP contribution is -2.14. The average molecular weight is 265 g/mol. The van der Waals surface area contributed by atoms with E-state index < -0.39 is 5.82 Å². The van der Waals surface area contributed by atoms with Crippen LogP contribution in [0.5, 0.6) is 0 Å². The molecule has 0 spiro atoms. The van der Waals surface area contributed by atoms with Crippen molar-refractivity contribution in [3.05, 3.63) is 59.1 Å². The average Bonchev–Trinajstić information content (AvgIpc) is 2.36. The number of hydrogen-bond acceptors (Lipinski definition) is 2. The van der Waals surface area contributed by atoms with Gasteiger partial charge < -0.3 is 5.32 Å². The highest BCUT2D eigenvalue weighted by Gasteiger charge is 2.10. The highest BCUT2D eigenvalue weighted by molar-refractivity contribution is 6.31. The van der Waals surface area contributed by atoms with Crippen molar-refractivity contribution in [2.45, 2.75) is 6.42 Å². The Kier molecular flexibility index (Phi) is 3.89. The van der Waals surface area contributed by atoms with E-state index >= 15 is 0 Å². The van der Waals surface area contributed by atoms with Gasteiger partial charge in [-0.05, 0) is 23.8 Å². The van der Waals surface area contributed by atoms with E-state index in [1.807, 2.05) is 0 Å². The van der Waals surface area contributed by atoms with Crippen LogP contribution in [0.3, 0.4) is 0 Å². The molecule has 5 heteroatoms. The molecule has 3 nitrogen and oxygen atoms in total. The molecule has 92 valence electrons. The van der Waals surface area contributed by atoms with E-state index in [9.17, 15) is 9.18 Å². The van der Waals surface area contributed by atoms with Crippen LogP contribution in [0, 0.1) is 5.82 Å². The largest absolute Gasteiger partial charge is 0.326 e. The number of aromatic nitrogens is 1. The number of hydrogen-bond donors (Lipinski definition) is 1. The van der Waals surface area contributed by atoms with Gasteiger partial charge in [-0.15, -0.1) is 0 Å². The fraction of sp³-hybridized carbons (Fsp3) is 0.0769. The fourth-order valence-electron chi connectivity index (χ4n) is 1.50. The lowest BCUT2D eigenvalue weighted by molar-refractivity contribution is -0.115. The molecule has 0 saturated carbocycles. The van der Waals surface area contributed by atoms with Crippen molar-refractivity contribution in [1.82, 2.24) is 4.98 Å². The summed E-state index contributed by atoms with van der Waals surface area (Å²) in [7, 11) is 0. The second-order valence-corrected chi connectivity index (χ2v) is 4.05. The first-order valence-corrected chi connectivity index (χ1v) is 5.67. The molecule has 0 fully saturated rings. The molecule has 0 unspecified atom stereocenters. The lowest BCUT2D eigenvalue weighted by atomic mass is 10.1. The third-order valence-corrected chi connectivity index (χ3v) is 2.77. The van der Waals surface area contributed by atoms with Gasteiger partial charge in [0.15, 0.2) is 0 Å². The summed E-state index contributed by atoms with van der Waals surface area (Å²) in [5.74, 6) is -0.778. The number of carbonyl (C=O) groups is 1. The van der Waals surface area contributed by atoms with Crippen molar-refractivity contribution in [1.29, 1.82) is 0 Å². The van der Waals surface area contributed by atoms with Gasteiger partial charge in [0.1, 0.15) is 5.82 Å². The third kappa shape index (κ3) is 3.05. The maximum Gasteiger partial charge on any atom is 0.228 e. The Hall–Kier alpha value is -1.94. The van der Waals surface area contributed by atoms with Crippen LogP contribution in [0.2, 0.25) is 5.02 Å². The Morgan fingerprint density at radius 3 is 2.72 bits per heavy atom. The topological polar surface area (TPSA) is 42.0 Å². The van der Waals surface area contributed by atoms with Gasteiger partial charge in [0, 0.05) is 18.1 Å². The van der Waals surface area contributed by atoms with E-state index in [1.165, 1.54) is 12.1 Å². The molecule has 0 aliphatic rings. The molecule has 1 amide bonds. The van der Waals surface area contributed by atoms with Crippen molar-refractivity contribution in [2.75, 3.05) is 5.32 Å². The van der Waals surface area contributed by atoms with Crippen LogP contribution in [0.1, 0.15) is 5.56 Å². The molecule has 0 aliphatic heterocycles. The molecule has 18 heavy (non-hydrogen) atoms. The van der Waals surface area contributed by atoms with Gasteiger partial charge in [-0.1, -0.05) is 23.7 Å². The molecule has 1 heterocycles. The van der Waals surface area contributed by atoms with Gasteiger partial charge in [0.2, 0.25) is 5.91 Å². The van der Waals surface area contributed by atoms with Crippen molar-refractivity contribution in [3.8, 4) is 0 Å². The van der Waals surface area contributed by atoms with Gasteiger partial charge in [0.25, 0.3) is 0 Å². The number of nitrogens with zero attached hydrogens (tertiary/aromatic N) is 1. The first-order valence-electron chi connectivity index (χ1n) is 5.29. The number of halogens is 2. The first-order chi connectivity index (χ1) is 8.66. The van der Waals surface area contributed by atoms with Crippen LogP contribution in [0.25, 0.3) is 0 Å². The van der Waals surface area contributed by atoms with Gasteiger partial charge >= 0.3 is 0 Å². The number of rotatable bonds is 3. The summed E-state index contributed by atoms with van der Waals surface area (Å²) in [6.45, 7) is 0. The molecule has 0 saturated heterocycles. The zero-order valence-corrected chi connectivity index (χ0v) is 10.1. The maximum atomic E-state index is 13.2. The summed E-state index contributed by atoms with van der Waals surface area (Å²) in [5, 5.41) is 2.67. The number of nitrogens with one attached hydrogen (secondary N) is 1. The molecule has 1 N–H and O–H groups in total. The summed E-state index contributed by atoms with van der Waals surface area (Å²) < 4.78 is 13.2. The van der Waals surface area contributed by atoms with E-state index in [4.69, 9.17) is 11.6 Å². The number of carbonyl (C=O) groups excluding carboxylic acids is 1. The van der Waals surface area contributed by atoms with Crippen molar-refractivity contribution in [3.63, 3.8) is 0 Å². The SMILES string of the molecule is O=C(Cc1cccc(F)c1Cl)Nc1ccncc1. The minimum absolute atomic E-state index is 0.0117. The first kappa shape index (κ1) is 12.5. The van der Waals surface area contributed by atoms with Gasteiger partial charge in [-0.25, -0.2) is 4.39 Å². The van der Waals surface area contributed by atoms with Gasteiger partial charge in [-0.2, -0.15) is 0 Å². The molecular weight excluding hydrogens is 255 g/mol. The Morgan fingerprint density at radius 2 is 2.00 bits per heavy atom. The van der Waals surface area contributed by atoms with Crippen LogP contribution < -0.4 is 5.32 Å². The number of benzene rings is 1. The normalized spacial score (nSPS) is 10.1. The molecule has 2 rings (SSSR count). The number of amides is 1. The second-order valence-electron chi connectivity index (χ2n) is 3.67. The molecule has 2 aromatic rings. The van der Waals surface area contributed by atoms with Crippen LogP contribution in [-0.4, -0.2) is 10.9 Å². The molecular formula is C13H10ClFN2O. The minimum Gasteiger partial charge on any atom is -0.326 e. The van der Waals surface area contributed by atoms with Crippen molar-refractivity contribution in [2.24, 2.45) is 0 Å². The summed E-state index contributed by atoms with van der Waals surface area (Å²) in [6, 6.07) is 7.75. The van der Waals surface area contributed by atoms with Crippen LogP contribution in [0.15, 0.2) is 42.7 Å². The highest BCUT2D eigenvalue weighted by atomic mass is 35.5. The Labute approximate surface area is 109 Å². The van der Waals surface area contributed by atoms with E-state index in [-0.39, 0.29) is 17.4 Å². The predicted octanol–water partition coefficient (Wildman–Crippen LogP) is 3.06. The smallest absolute Gasteiger partial charge is 0.228 e. The minimum atomic E-state index is -0.522. The van der Waals surface area contributed by atoms with E-state index in [2.05, 4.69) is 10.3 Å². The second kappa shape index (κ2) is 5.60. The van der Waals surface area contributed by atoms with E-state index in [0.29, 0.717) is 11.3 Å². The zero-order chi connectivity index (χ0) is 13.0. The number of pyridine rings is 1. The maximum absolute atomic E-state index is 13.2. The van der Waals surface area contributed by atoms with Crippen LogP contribution in [-0.2, 0) is 11.2 Å². The van der Waals surface area contributed by atoms with Crippen LogP contribution in [0.4, 0.5) is 10.1 Å². The molecule has 1 aromatic heterocycles. The molecule has 0 radical (unpaired) electrons. The molecule has 0 aliphatic carbocycles. The summed E-state index contributed by atoms with van der Waals surface area (Å²) in [5.41, 5.74) is 1.10. The standard InChI is InChI=1S/C13H10ClFN2O/c14-13-9(2-1-3-11(13)15)8-12(18)17-10-4-6-16-7-5-10/h1-7H,8H2,(H,16,17,18). The van der Waals surface area contributed by atoms with Crippen LogP contribution >= 0.6 is 11.6 Å². The Bertz CT molecular complexity index is 560. The third-order valence-electron chi connectivity index (χ3n) is 2.35. The molecule has 0 atom stereocenters. The molecule has 1 aromatic carbocycles. The zero-order valence-electron chi connectivity index (χ0n) is 9.36. The van der Waals surface area contributed by atoms with Gasteiger partial charge in [-0.3, -0.25) is 9.78 Å². The summed E-state index contributed by atoms with van der Waals surface area (Å²) in [6.07, 6.45) is 3.18. The fourth-order valence-corrected chi connectivity index (χ4v) is 1.69.